The van der Waals surface area contributed by atoms with Gasteiger partial charge in [0.1, 0.15) is 5.75 Å². The summed E-state index contributed by atoms with van der Waals surface area (Å²) in [6.07, 6.45) is 2.49. The number of rotatable bonds is 8. The van der Waals surface area contributed by atoms with Gasteiger partial charge in [0.25, 0.3) is 0 Å². The van der Waals surface area contributed by atoms with Gasteiger partial charge < -0.3 is 15.4 Å². The van der Waals surface area contributed by atoms with Gasteiger partial charge in [0.2, 0.25) is 11.7 Å². The van der Waals surface area contributed by atoms with Crippen LogP contribution in [0, 0.1) is 5.92 Å². The second-order valence-corrected chi connectivity index (χ2v) is 8.38. The van der Waals surface area contributed by atoms with Gasteiger partial charge in [-0.2, -0.15) is 0 Å². The van der Waals surface area contributed by atoms with E-state index in [1.807, 2.05) is 23.7 Å². The predicted molar refractivity (Wildman–Crippen MR) is 109 cm³/mol. The molecule has 1 amide bonds. The molecule has 1 aliphatic heterocycles. The molecule has 1 aromatic heterocycles. The molecule has 1 aromatic carbocycles. The van der Waals surface area contributed by atoms with E-state index in [9.17, 15) is 4.79 Å². The number of nitrogens with zero attached hydrogens (tertiary/aromatic N) is 4. The third kappa shape index (κ3) is 4.58. The number of hydrogen-bond donors (Lipinski definition) is 2. The lowest BCUT2D eigenvalue weighted by molar-refractivity contribution is -0.931. The van der Waals surface area contributed by atoms with Crippen LogP contribution in [0.1, 0.15) is 64.4 Å². The van der Waals surface area contributed by atoms with Crippen LogP contribution in [-0.2, 0) is 10.3 Å². The first-order valence-electron chi connectivity index (χ1n) is 10.5. The van der Waals surface area contributed by atoms with E-state index in [1.165, 1.54) is 4.90 Å². The molecule has 1 saturated heterocycles. The quantitative estimate of drug-likeness (QED) is 0.690. The van der Waals surface area contributed by atoms with Crippen molar-refractivity contribution in [3.05, 3.63) is 35.7 Å². The van der Waals surface area contributed by atoms with Crippen LogP contribution < -0.4 is 15.4 Å². The maximum absolute atomic E-state index is 11.6. The molecule has 0 saturated carbocycles. The Balaban J connectivity index is 1.97. The fourth-order valence-corrected chi connectivity index (χ4v) is 4.01. The van der Waals surface area contributed by atoms with Crippen LogP contribution in [0.5, 0.6) is 5.75 Å². The van der Waals surface area contributed by atoms with E-state index in [4.69, 9.17) is 10.5 Å². The predicted octanol–water partition coefficient (Wildman–Crippen LogP) is 1.09. The summed E-state index contributed by atoms with van der Waals surface area (Å²) in [5.74, 6) is 1.47. The van der Waals surface area contributed by atoms with Crippen molar-refractivity contribution >= 4 is 5.91 Å². The SMILES string of the molecule is CCOc1ccc([C@H](c2nnnn2C(C)(C)CC)[NH+]2CCC(C(N)=O)CC2)cc1. The number of amides is 1. The smallest absolute Gasteiger partial charge is 0.220 e. The summed E-state index contributed by atoms with van der Waals surface area (Å²) in [7, 11) is 0. The lowest BCUT2D eigenvalue weighted by Gasteiger charge is -2.35. The number of carbonyl (C=O) groups excluding carboxylic acids is 1. The first kappa shape index (κ1) is 21.2. The van der Waals surface area contributed by atoms with Crippen LogP contribution in [-0.4, -0.2) is 45.8 Å². The van der Waals surface area contributed by atoms with Gasteiger partial charge in [-0.3, -0.25) is 4.79 Å². The van der Waals surface area contributed by atoms with Gasteiger partial charge >= 0.3 is 0 Å². The van der Waals surface area contributed by atoms with Gasteiger partial charge in [0.15, 0.2) is 6.04 Å². The summed E-state index contributed by atoms with van der Waals surface area (Å²) < 4.78 is 7.57. The van der Waals surface area contributed by atoms with Gasteiger partial charge in [-0.15, -0.1) is 5.10 Å². The molecular weight excluding hydrogens is 368 g/mol. The van der Waals surface area contributed by atoms with Gasteiger partial charge in [0.05, 0.1) is 25.2 Å². The molecule has 3 N–H and O–H groups in total. The summed E-state index contributed by atoms with van der Waals surface area (Å²) in [6.45, 7) is 10.8. The van der Waals surface area contributed by atoms with Crippen LogP contribution in [0.2, 0.25) is 0 Å². The van der Waals surface area contributed by atoms with E-state index in [0.29, 0.717) is 6.61 Å². The first-order valence-corrected chi connectivity index (χ1v) is 10.5. The second kappa shape index (κ2) is 8.90. The highest BCUT2D eigenvalue weighted by molar-refractivity contribution is 5.76. The summed E-state index contributed by atoms with van der Waals surface area (Å²) >= 11 is 0. The Bertz CT molecular complexity index is 809. The van der Waals surface area contributed by atoms with Crippen molar-refractivity contribution in [3.8, 4) is 5.75 Å². The standard InChI is InChI=1S/C21H32N6O2/c1-5-21(3,4)27-20(23-24-25-27)18(15-7-9-17(10-8-15)29-6-2)26-13-11-16(12-14-26)19(22)28/h7-10,16,18H,5-6,11-14H2,1-4H3,(H2,22,28)/p+1/t18-/m1/s1. The summed E-state index contributed by atoms with van der Waals surface area (Å²) in [5, 5.41) is 12.8. The minimum absolute atomic E-state index is 0.0136. The fourth-order valence-electron chi connectivity index (χ4n) is 4.01. The molecule has 0 aliphatic carbocycles. The zero-order chi connectivity index (χ0) is 21.0. The number of nitrogens with two attached hydrogens (primary N) is 1. The average molecular weight is 402 g/mol. The van der Waals surface area contributed by atoms with Crippen molar-refractivity contribution in [2.45, 2.75) is 58.5 Å². The Morgan fingerprint density at radius 2 is 1.93 bits per heavy atom. The summed E-state index contributed by atoms with van der Waals surface area (Å²) in [4.78, 5) is 13.0. The third-order valence-corrected chi connectivity index (χ3v) is 6.15. The number of benzene rings is 1. The van der Waals surface area contributed by atoms with Crippen molar-refractivity contribution in [2.75, 3.05) is 19.7 Å². The van der Waals surface area contributed by atoms with E-state index in [2.05, 4.69) is 48.4 Å². The molecule has 1 fully saturated rings. The number of quaternary nitrogens is 1. The number of piperidine rings is 1. The number of tetrazole rings is 1. The molecule has 29 heavy (non-hydrogen) atoms. The topological polar surface area (TPSA) is 100 Å². The molecule has 8 heteroatoms. The minimum atomic E-state index is -0.196. The molecule has 0 bridgehead atoms. The maximum atomic E-state index is 11.6. The van der Waals surface area contributed by atoms with E-state index in [0.717, 1.165) is 49.5 Å². The molecule has 0 unspecified atom stereocenters. The maximum Gasteiger partial charge on any atom is 0.220 e. The van der Waals surface area contributed by atoms with Gasteiger partial charge in [-0.1, -0.05) is 6.92 Å². The van der Waals surface area contributed by atoms with Crippen LogP contribution in [0.25, 0.3) is 0 Å². The number of nitrogens with one attached hydrogen (secondary N) is 1. The minimum Gasteiger partial charge on any atom is -0.494 e. The molecule has 2 aromatic rings. The summed E-state index contributed by atoms with van der Waals surface area (Å²) in [5.41, 5.74) is 6.50. The van der Waals surface area contributed by atoms with Crippen molar-refractivity contribution in [1.29, 1.82) is 0 Å². The average Bonchev–Trinajstić information content (AvgIpc) is 3.20. The molecule has 0 radical (unpaired) electrons. The number of aromatic nitrogens is 4. The van der Waals surface area contributed by atoms with Gasteiger partial charge in [0, 0.05) is 24.3 Å². The lowest BCUT2D eigenvalue weighted by atomic mass is 9.93. The molecular formula is C21H33N6O2+. The molecule has 8 nitrogen and oxygen atoms in total. The monoisotopic (exact) mass is 401 g/mol. The third-order valence-electron chi connectivity index (χ3n) is 6.15. The zero-order valence-electron chi connectivity index (χ0n) is 17.9. The molecule has 158 valence electrons. The van der Waals surface area contributed by atoms with E-state index in [-0.39, 0.29) is 23.4 Å². The van der Waals surface area contributed by atoms with Crippen molar-refractivity contribution < 1.29 is 14.4 Å². The van der Waals surface area contributed by atoms with Crippen molar-refractivity contribution in [3.63, 3.8) is 0 Å². The Morgan fingerprint density at radius 3 is 2.48 bits per heavy atom. The summed E-state index contributed by atoms with van der Waals surface area (Å²) in [6, 6.07) is 8.18. The van der Waals surface area contributed by atoms with Crippen molar-refractivity contribution in [2.24, 2.45) is 11.7 Å². The number of likely N-dealkylation sites (tertiary alicyclic amines) is 1. The highest BCUT2D eigenvalue weighted by Crippen LogP contribution is 2.26. The number of carbonyl (C=O) groups is 1. The lowest BCUT2D eigenvalue weighted by Crippen LogP contribution is -3.13. The Hall–Kier alpha value is -2.48. The highest BCUT2D eigenvalue weighted by atomic mass is 16.5. The van der Waals surface area contributed by atoms with Gasteiger partial charge in [-0.25, -0.2) is 4.68 Å². The molecule has 2 heterocycles. The number of primary amides is 1. The van der Waals surface area contributed by atoms with Crippen LogP contribution in [0.3, 0.4) is 0 Å². The van der Waals surface area contributed by atoms with Gasteiger partial charge in [-0.05, 0) is 61.9 Å². The Morgan fingerprint density at radius 1 is 1.28 bits per heavy atom. The first-order chi connectivity index (χ1) is 13.9. The fraction of sp³-hybridized carbons (Fsp3) is 0.619. The Labute approximate surface area is 172 Å². The zero-order valence-corrected chi connectivity index (χ0v) is 17.9. The van der Waals surface area contributed by atoms with Crippen LogP contribution in [0.15, 0.2) is 24.3 Å². The number of hydrogen-bond acceptors (Lipinski definition) is 5. The largest absolute Gasteiger partial charge is 0.494 e. The van der Waals surface area contributed by atoms with Crippen molar-refractivity contribution in [1.82, 2.24) is 20.2 Å². The Kier molecular flexibility index (Phi) is 6.52. The van der Waals surface area contributed by atoms with E-state index >= 15 is 0 Å². The normalized spacial score (nSPS) is 21.0. The van der Waals surface area contributed by atoms with Crippen LogP contribution >= 0.6 is 0 Å². The van der Waals surface area contributed by atoms with E-state index in [1.54, 1.807) is 0 Å². The van der Waals surface area contributed by atoms with Crippen LogP contribution in [0.4, 0.5) is 0 Å². The molecule has 3 rings (SSSR count). The molecule has 0 spiro atoms. The second-order valence-electron chi connectivity index (χ2n) is 8.38. The highest BCUT2D eigenvalue weighted by Gasteiger charge is 2.38. The van der Waals surface area contributed by atoms with E-state index < -0.39 is 0 Å². The number of ether oxygens (including phenoxy) is 1. The molecule has 1 atom stereocenters. The molecule has 1 aliphatic rings.